The Bertz CT molecular complexity index is 1330. The van der Waals surface area contributed by atoms with Crippen molar-refractivity contribution in [1.82, 2.24) is 15.1 Å². The lowest BCUT2D eigenvalue weighted by atomic mass is 10.2. The summed E-state index contributed by atoms with van der Waals surface area (Å²) in [5.74, 6) is -1.41. The highest BCUT2D eigenvalue weighted by atomic mass is 32.2. The number of ether oxygens (including phenoxy) is 1. The van der Waals surface area contributed by atoms with E-state index in [0.29, 0.717) is 5.75 Å². The van der Waals surface area contributed by atoms with E-state index in [9.17, 15) is 22.8 Å². The molecule has 0 saturated carbocycles. The highest BCUT2D eigenvalue weighted by Gasteiger charge is 2.40. The van der Waals surface area contributed by atoms with Gasteiger partial charge >= 0.3 is 0 Å². The third-order valence-corrected chi connectivity index (χ3v) is 7.81. The number of nitrogens with zero attached hydrogens (tertiary/aromatic N) is 2. The first kappa shape index (κ1) is 26.0. The largest absolute Gasteiger partial charge is 0.484 e. The van der Waals surface area contributed by atoms with Crippen molar-refractivity contribution in [3.05, 3.63) is 84.3 Å². The van der Waals surface area contributed by atoms with Gasteiger partial charge in [-0.3, -0.25) is 14.4 Å². The van der Waals surface area contributed by atoms with Gasteiger partial charge in [0.05, 0.1) is 11.2 Å². The van der Waals surface area contributed by atoms with Crippen molar-refractivity contribution in [2.75, 3.05) is 32.8 Å². The molecule has 1 N–H and O–H groups in total. The molecule has 1 saturated heterocycles. The highest BCUT2D eigenvalue weighted by Crippen LogP contribution is 2.19. The first-order valence-corrected chi connectivity index (χ1v) is 13.2. The maximum absolute atomic E-state index is 13.5. The van der Waals surface area contributed by atoms with Crippen molar-refractivity contribution in [1.29, 1.82) is 0 Å². The summed E-state index contributed by atoms with van der Waals surface area (Å²) in [5, 5.41) is 0.466. The fourth-order valence-electron chi connectivity index (χ4n) is 3.83. The van der Waals surface area contributed by atoms with Crippen LogP contribution in [-0.4, -0.2) is 74.1 Å². The standard InChI is InChI=1S/C26H27N3O7S/c1-19-9-11-21(12-10-19)37(33,34)25(27-24(31)22-8-5-17-35-22)26(32)29-15-13-28(14-16-29)23(30)18-36-20-6-3-2-4-7-20/h2-12,17,25H,13-16,18H2,1H3,(H,27,31)/t25-/m1/s1. The van der Waals surface area contributed by atoms with Gasteiger partial charge in [-0.2, -0.15) is 0 Å². The molecule has 0 aliphatic carbocycles. The Morgan fingerprint density at radius 2 is 1.57 bits per heavy atom. The number of sulfone groups is 1. The summed E-state index contributed by atoms with van der Waals surface area (Å²) < 4.78 is 37.5. The SMILES string of the molecule is Cc1ccc(S(=O)(=O)[C@@H](NC(=O)c2ccco2)C(=O)N2CCN(C(=O)COc3ccccc3)CC2)cc1. The smallest absolute Gasteiger partial charge is 0.288 e. The predicted molar refractivity (Wildman–Crippen MR) is 133 cm³/mol. The second-order valence-electron chi connectivity index (χ2n) is 8.50. The number of carbonyl (C=O) groups excluding carboxylic acids is 3. The maximum atomic E-state index is 13.5. The number of rotatable bonds is 8. The molecule has 1 atom stereocenters. The van der Waals surface area contributed by atoms with Crippen LogP contribution in [-0.2, 0) is 19.4 Å². The second kappa shape index (κ2) is 11.3. The molecule has 2 heterocycles. The number of aryl methyl sites for hydroxylation is 1. The molecule has 37 heavy (non-hydrogen) atoms. The molecule has 0 radical (unpaired) electrons. The summed E-state index contributed by atoms with van der Waals surface area (Å²) >= 11 is 0. The lowest BCUT2D eigenvalue weighted by Crippen LogP contribution is -2.58. The third kappa shape index (κ3) is 6.18. The van der Waals surface area contributed by atoms with Crippen molar-refractivity contribution >= 4 is 27.6 Å². The van der Waals surface area contributed by atoms with Gasteiger partial charge in [-0.1, -0.05) is 35.9 Å². The average Bonchev–Trinajstić information content (AvgIpc) is 3.46. The second-order valence-corrected chi connectivity index (χ2v) is 10.5. The van der Waals surface area contributed by atoms with Gasteiger partial charge < -0.3 is 24.3 Å². The maximum Gasteiger partial charge on any atom is 0.288 e. The molecule has 2 aromatic carbocycles. The molecule has 0 spiro atoms. The van der Waals surface area contributed by atoms with Crippen LogP contribution in [0.15, 0.2) is 82.3 Å². The lowest BCUT2D eigenvalue weighted by molar-refractivity contribution is -0.140. The molecule has 1 aliphatic heterocycles. The number of furan rings is 1. The first-order chi connectivity index (χ1) is 17.8. The minimum absolute atomic E-state index is 0.0944. The van der Waals surface area contributed by atoms with Crippen molar-refractivity contribution < 1.29 is 32.0 Å². The monoisotopic (exact) mass is 525 g/mol. The molecule has 1 aromatic heterocycles. The van der Waals surface area contributed by atoms with E-state index in [1.54, 1.807) is 41.3 Å². The Morgan fingerprint density at radius 3 is 2.19 bits per heavy atom. The van der Waals surface area contributed by atoms with E-state index >= 15 is 0 Å². The van der Waals surface area contributed by atoms with E-state index in [2.05, 4.69) is 5.32 Å². The molecule has 1 fully saturated rings. The summed E-state index contributed by atoms with van der Waals surface area (Å²) in [6, 6.07) is 17.8. The average molecular weight is 526 g/mol. The molecule has 0 unspecified atom stereocenters. The molecule has 0 bridgehead atoms. The Hall–Kier alpha value is -4.12. The lowest BCUT2D eigenvalue weighted by Gasteiger charge is -2.36. The molecule has 194 valence electrons. The van der Waals surface area contributed by atoms with E-state index in [4.69, 9.17) is 9.15 Å². The summed E-state index contributed by atoms with van der Waals surface area (Å²) in [6.07, 6.45) is 1.28. The molecule has 3 aromatic rings. The van der Waals surface area contributed by atoms with Gasteiger partial charge in [-0.15, -0.1) is 0 Å². The van der Waals surface area contributed by atoms with Crippen molar-refractivity contribution in [2.45, 2.75) is 17.2 Å². The number of nitrogens with one attached hydrogen (secondary N) is 1. The topological polar surface area (TPSA) is 126 Å². The number of hydrogen-bond donors (Lipinski definition) is 1. The zero-order chi connectivity index (χ0) is 26.4. The molecule has 10 nitrogen and oxygen atoms in total. The van der Waals surface area contributed by atoms with Crippen LogP contribution in [0.3, 0.4) is 0 Å². The fourth-order valence-corrected chi connectivity index (χ4v) is 5.29. The van der Waals surface area contributed by atoms with E-state index in [0.717, 1.165) is 5.56 Å². The minimum atomic E-state index is -4.29. The van der Waals surface area contributed by atoms with Crippen LogP contribution < -0.4 is 10.1 Å². The Kier molecular flexibility index (Phi) is 7.92. The van der Waals surface area contributed by atoms with Gasteiger partial charge in [0.2, 0.25) is 15.2 Å². The Labute approximate surface area is 214 Å². The quantitative estimate of drug-likeness (QED) is 0.476. The van der Waals surface area contributed by atoms with Gasteiger partial charge in [0.1, 0.15) is 5.75 Å². The third-order valence-electron chi connectivity index (χ3n) is 5.94. The van der Waals surface area contributed by atoms with Gasteiger partial charge in [0.25, 0.3) is 17.7 Å². The summed E-state index contributed by atoms with van der Waals surface area (Å²) in [4.78, 5) is 41.5. The van der Waals surface area contributed by atoms with Crippen LogP contribution >= 0.6 is 0 Å². The number of hydrogen-bond acceptors (Lipinski definition) is 7. The van der Waals surface area contributed by atoms with Crippen LogP contribution in [0.2, 0.25) is 0 Å². The van der Waals surface area contributed by atoms with Crippen molar-refractivity contribution in [2.24, 2.45) is 0 Å². The van der Waals surface area contributed by atoms with Crippen molar-refractivity contribution in [3.8, 4) is 5.75 Å². The number of amides is 3. The van der Waals surface area contributed by atoms with Gasteiger partial charge in [-0.05, 0) is 43.3 Å². The number of benzene rings is 2. The zero-order valence-electron chi connectivity index (χ0n) is 20.2. The highest BCUT2D eigenvalue weighted by molar-refractivity contribution is 7.92. The molecule has 4 rings (SSSR count). The Morgan fingerprint density at radius 1 is 0.919 bits per heavy atom. The van der Waals surface area contributed by atoms with Crippen LogP contribution in [0.1, 0.15) is 16.1 Å². The van der Waals surface area contributed by atoms with Gasteiger partial charge in [0, 0.05) is 26.2 Å². The van der Waals surface area contributed by atoms with Gasteiger partial charge in [-0.25, -0.2) is 8.42 Å². The summed E-state index contributed by atoms with van der Waals surface area (Å²) in [5.41, 5.74) is 0.846. The van der Waals surface area contributed by atoms with Gasteiger partial charge in [0.15, 0.2) is 12.4 Å². The molecule has 1 aliphatic rings. The molecular formula is C26H27N3O7S. The zero-order valence-corrected chi connectivity index (χ0v) is 21.0. The van der Waals surface area contributed by atoms with Crippen LogP contribution in [0.25, 0.3) is 0 Å². The van der Waals surface area contributed by atoms with Crippen LogP contribution in [0.5, 0.6) is 5.75 Å². The minimum Gasteiger partial charge on any atom is -0.484 e. The number of carbonyl (C=O) groups is 3. The summed E-state index contributed by atoms with van der Waals surface area (Å²) in [7, 11) is -4.29. The predicted octanol–water partition coefficient (Wildman–Crippen LogP) is 1.87. The van der Waals surface area contributed by atoms with Crippen LogP contribution in [0.4, 0.5) is 0 Å². The van der Waals surface area contributed by atoms with E-state index < -0.39 is 27.0 Å². The van der Waals surface area contributed by atoms with E-state index in [-0.39, 0.29) is 49.3 Å². The van der Waals surface area contributed by atoms with E-state index in [1.807, 2.05) is 13.0 Å². The number of piperazine rings is 1. The normalized spacial score (nSPS) is 14.6. The molecular weight excluding hydrogens is 498 g/mol. The van der Waals surface area contributed by atoms with Crippen molar-refractivity contribution in [3.63, 3.8) is 0 Å². The molecule has 11 heteroatoms. The number of para-hydroxylation sites is 1. The van der Waals surface area contributed by atoms with Crippen LogP contribution in [0, 0.1) is 6.92 Å². The van der Waals surface area contributed by atoms with E-state index in [1.165, 1.54) is 35.4 Å². The molecule has 3 amide bonds. The first-order valence-electron chi connectivity index (χ1n) is 11.6. The fraction of sp³-hybridized carbons (Fsp3) is 0.269. The summed E-state index contributed by atoms with van der Waals surface area (Å²) in [6.45, 7) is 2.27. The Balaban J connectivity index is 1.45.